The lowest BCUT2D eigenvalue weighted by molar-refractivity contribution is 0.210. The molecule has 0 unspecified atom stereocenters. The number of nitrogens with one attached hydrogen (secondary N) is 1. The Morgan fingerprint density at radius 1 is 1.10 bits per heavy atom. The summed E-state index contributed by atoms with van der Waals surface area (Å²) in [5, 5.41) is 9.05. The van der Waals surface area contributed by atoms with Crippen molar-refractivity contribution < 1.29 is 9.47 Å². The second kappa shape index (κ2) is 8.56. The fourth-order valence-electron chi connectivity index (χ4n) is 3.12. The summed E-state index contributed by atoms with van der Waals surface area (Å²) < 4.78 is 12.0. The minimum atomic E-state index is 0.439. The number of fused-ring (bicyclic) bond motifs is 1. The summed E-state index contributed by atoms with van der Waals surface area (Å²) in [6.45, 7) is 1.09. The third-order valence-corrected chi connectivity index (χ3v) is 4.81. The van der Waals surface area contributed by atoms with Gasteiger partial charge >= 0.3 is 0 Å². The maximum Gasteiger partial charge on any atom is 0.225 e. The quantitative estimate of drug-likeness (QED) is 0.435. The standard InChI is InChI=1S/C21H21ClN6O2/c1-29-11-10-24-21-25-18(13-4-3-5-14(22)12-13)17-19(23)28(27-20(17)26-21)15-6-8-16(30-2)9-7-15/h3-9,12H,10-11,23H2,1-2H3,(H,24,26,27). The van der Waals surface area contributed by atoms with Crippen molar-refractivity contribution in [1.29, 1.82) is 0 Å². The van der Waals surface area contributed by atoms with E-state index in [1.54, 1.807) is 18.9 Å². The van der Waals surface area contributed by atoms with E-state index in [2.05, 4.69) is 20.4 Å². The van der Waals surface area contributed by atoms with Crippen LogP contribution in [-0.2, 0) is 4.74 Å². The number of aromatic nitrogens is 4. The molecule has 0 fully saturated rings. The van der Waals surface area contributed by atoms with Crippen LogP contribution in [0.3, 0.4) is 0 Å². The first-order valence-corrected chi connectivity index (χ1v) is 9.68. The number of rotatable bonds is 7. The molecule has 0 amide bonds. The van der Waals surface area contributed by atoms with Crippen molar-refractivity contribution >= 4 is 34.4 Å². The van der Waals surface area contributed by atoms with E-state index in [4.69, 9.17) is 26.8 Å². The highest BCUT2D eigenvalue weighted by Gasteiger charge is 2.19. The molecule has 2 aromatic carbocycles. The molecule has 8 nitrogen and oxygen atoms in total. The van der Waals surface area contributed by atoms with Crippen LogP contribution in [0.1, 0.15) is 0 Å². The fourth-order valence-corrected chi connectivity index (χ4v) is 3.31. The molecule has 2 aromatic heterocycles. The van der Waals surface area contributed by atoms with E-state index in [1.807, 2.05) is 48.5 Å². The van der Waals surface area contributed by atoms with Crippen LogP contribution in [0.25, 0.3) is 28.0 Å². The summed E-state index contributed by atoms with van der Waals surface area (Å²) >= 11 is 6.22. The number of anilines is 2. The van der Waals surface area contributed by atoms with Crippen LogP contribution in [0.5, 0.6) is 5.75 Å². The predicted octanol–water partition coefficient (Wildman–Crippen LogP) is 3.79. The van der Waals surface area contributed by atoms with Gasteiger partial charge in [-0.2, -0.15) is 4.98 Å². The second-order valence-corrected chi connectivity index (χ2v) is 6.96. The van der Waals surface area contributed by atoms with Crippen molar-refractivity contribution in [3.8, 4) is 22.7 Å². The molecular weight excluding hydrogens is 404 g/mol. The number of benzene rings is 2. The number of halogens is 1. The van der Waals surface area contributed by atoms with Gasteiger partial charge in [0, 0.05) is 24.2 Å². The van der Waals surface area contributed by atoms with Gasteiger partial charge in [-0.25, -0.2) is 9.67 Å². The summed E-state index contributed by atoms with van der Waals surface area (Å²) in [5.74, 6) is 1.63. The Hall–Kier alpha value is -3.36. The highest BCUT2D eigenvalue weighted by atomic mass is 35.5. The normalized spacial score (nSPS) is 11.0. The first kappa shape index (κ1) is 19.9. The molecule has 0 spiro atoms. The van der Waals surface area contributed by atoms with E-state index in [-0.39, 0.29) is 0 Å². The van der Waals surface area contributed by atoms with Crippen LogP contribution in [0.2, 0.25) is 5.02 Å². The van der Waals surface area contributed by atoms with Crippen molar-refractivity contribution in [3.05, 3.63) is 53.6 Å². The Morgan fingerprint density at radius 3 is 2.60 bits per heavy atom. The summed E-state index contributed by atoms with van der Waals surface area (Å²) in [6.07, 6.45) is 0. The van der Waals surface area contributed by atoms with Crippen molar-refractivity contribution in [1.82, 2.24) is 19.7 Å². The molecule has 0 bridgehead atoms. The number of nitrogen functional groups attached to an aromatic ring is 1. The minimum absolute atomic E-state index is 0.439. The van der Waals surface area contributed by atoms with Crippen LogP contribution in [0, 0.1) is 0 Å². The Balaban J connectivity index is 1.88. The third kappa shape index (κ3) is 3.87. The van der Waals surface area contributed by atoms with Gasteiger partial charge in [0.2, 0.25) is 5.95 Å². The molecule has 3 N–H and O–H groups in total. The van der Waals surface area contributed by atoms with Crippen LogP contribution < -0.4 is 15.8 Å². The van der Waals surface area contributed by atoms with Crippen LogP contribution in [0.15, 0.2) is 48.5 Å². The number of ether oxygens (including phenoxy) is 2. The molecule has 0 atom stereocenters. The van der Waals surface area contributed by atoms with Crippen LogP contribution in [-0.4, -0.2) is 47.1 Å². The molecule has 9 heteroatoms. The van der Waals surface area contributed by atoms with Crippen molar-refractivity contribution in [2.45, 2.75) is 0 Å². The van der Waals surface area contributed by atoms with E-state index in [0.29, 0.717) is 46.7 Å². The van der Waals surface area contributed by atoms with Gasteiger partial charge in [0.15, 0.2) is 5.65 Å². The highest BCUT2D eigenvalue weighted by Crippen LogP contribution is 2.33. The van der Waals surface area contributed by atoms with Gasteiger partial charge in [-0.15, -0.1) is 5.10 Å². The number of nitrogens with zero attached hydrogens (tertiary/aromatic N) is 4. The van der Waals surface area contributed by atoms with Gasteiger partial charge in [-0.05, 0) is 36.4 Å². The van der Waals surface area contributed by atoms with Gasteiger partial charge in [0.05, 0.1) is 30.5 Å². The zero-order valence-electron chi connectivity index (χ0n) is 16.6. The number of methoxy groups -OCH3 is 2. The lowest BCUT2D eigenvalue weighted by atomic mass is 10.1. The molecular formula is C21H21ClN6O2. The zero-order chi connectivity index (χ0) is 21.1. The van der Waals surface area contributed by atoms with Crippen LogP contribution >= 0.6 is 11.6 Å². The Morgan fingerprint density at radius 2 is 1.90 bits per heavy atom. The second-order valence-electron chi connectivity index (χ2n) is 6.52. The highest BCUT2D eigenvalue weighted by molar-refractivity contribution is 6.30. The number of nitrogens with two attached hydrogens (primary N) is 1. The third-order valence-electron chi connectivity index (χ3n) is 4.57. The Labute approximate surface area is 178 Å². The van der Waals surface area contributed by atoms with Gasteiger partial charge in [0.1, 0.15) is 11.6 Å². The maximum absolute atomic E-state index is 6.51. The van der Waals surface area contributed by atoms with E-state index in [9.17, 15) is 0 Å². The van der Waals surface area contributed by atoms with Gasteiger partial charge < -0.3 is 20.5 Å². The fraction of sp³-hybridized carbons (Fsp3) is 0.190. The van der Waals surface area contributed by atoms with Gasteiger partial charge in [-0.1, -0.05) is 23.7 Å². The summed E-state index contributed by atoms with van der Waals surface area (Å²) in [5.41, 5.74) is 9.25. The van der Waals surface area contributed by atoms with E-state index in [1.165, 1.54) is 0 Å². The molecule has 2 heterocycles. The average molecular weight is 425 g/mol. The molecule has 154 valence electrons. The molecule has 0 saturated carbocycles. The van der Waals surface area contributed by atoms with Crippen molar-refractivity contribution in [2.24, 2.45) is 0 Å². The smallest absolute Gasteiger partial charge is 0.225 e. The Bertz CT molecular complexity index is 1180. The van der Waals surface area contributed by atoms with Crippen molar-refractivity contribution in [2.75, 3.05) is 38.4 Å². The van der Waals surface area contributed by atoms with Gasteiger partial charge in [-0.3, -0.25) is 0 Å². The summed E-state index contributed by atoms with van der Waals surface area (Å²) in [7, 11) is 3.26. The van der Waals surface area contributed by atoms with E-state index in [0.717, 1.165) is 17.0 Å². The van der Waals surface area contributed by atoms with E-state index >= 15 is 0 Å². The molecule has 30 heavy (non-hydrogen) atoms. The lowest BCUT2D eigenvalue weighted by Crippen LogP contribution is -2.10. The number of hydrogen-bond donors (Lipinski definition) is 2. The number of hydrogen-bond acceptors (Lipinski definition) is 7. The SMILES string of the molecule is COCCNc1nc(-c2cccc(Cl)c2)c2c(N)n(-c3ccc(OC)cc3)nc2n1. The summed E-state index contributed by atoms with van der Waals surface area (Å²) in [6, 6.07) is 14.9. The minimum Gasteiger partial charge on any atom is -0.497 e. The zero-order valence-corrected chi connectivity index (χ0v) is 17.3. The first-order chi connectivity index (χ1) is 14.6. The van der Waals surface area contributed by atoms with E-state index < -0.39 is 0 Å². The average Bonchev–Trinajstić information content (AvgIpc) is 3.10. The van der Waals surface area contributed by atoms with Gasteiger partial charge in [0.25, 0.3) is 0 Å². The monoisotopic (exact) mass is 424 g/mol. The predicted molar refractivity (Wildman–Crippen MR) is 118 cm³/mol. The van der Waals surface area contributed by atoms with Crippen molar-refractivity contribution in [3.63, 3.8) is 0 Å². The molecule has 0 aliphatic rings. The first-order valence-electron chi connectivity index (χ1n) is 9.30. The maximum atomic E-state index is 6.51. The summed E-state index contributed by atoms with van der Waals surface area (Å²) in [4.78, 5) is 9.24. The lowest BCUT2D eigenvalue weighted by Gasteiger charge is -2.09. The van der Waals surface area contributed by atoms with Crippen LogP contribution in [0.4, 0.5) is 11.8 Å². The molecule has 4 aromatic rings. The molecule has 0 aliphatic heterocycles. The molecule has 0 radical (unpaired) electrons. The molecule has 4 rings (SSSR count). The molecule has 0 aliphatic carbocycles. The Kier molecular flexibility index (Phi) is 5.69. The topological polar surface area (TPSA) is 100 Å². The largest absolute Gasteiger partial charge is 0.497 e. The molecule has 0 saturated heterocycles.